The number of rotatable bonds is 10. The summed E-state index contributed by atoms with van der Waals surface area (Å²) in [7, 11) is 1.62. The maximum absolute atomic E-state index is 13.0. The van der Waals surface area contributed by atoms with Crippen LogP contribution in [0.1, 0.15) is 60.6 Å². The highest BCUT2D eigenvalue weighted by atomic mass is 16.5. The van der Waals surface area contributed by atoms with Crippen LogP contribution >= 0.6 is 0 Å². The van der Waals surface area contributed by atoms with Crippen molar-refractivity contribution in [1.82, 2.24) is 0 Å². The molecule has 4 heteroatoms. The van der Waals surface area contributed by atoms with E-state index in [1.807, 2.05) is 55.5 Å². The normalized spacial score (nSPS) is 11.8. The van der Waals surface area contributed by atoms with Gasteiger partial charge in [-0.25, -0.2) is 0 Å². The highest BCUT2D eigenvalue weighted by Gasteiger charge is 2.18. The Labute approximate surface area is 185 Å². The van der Waals surface area contributed by atoms with E-state index in [4.69, 9.17) is 9.47 Å². The van der Waals surface area contributed by atoms with Gasteiger partial charge in [0.15, 0.2) is 5.78 Å². The van der Waals surface area contributed by atoms with E-state index in [-0.39, 0.29) is 11.8 Å². The smallest absolute Gasteiger partial charge is 0.165 e. The van der Waals surface area contributed by atoms with E-state index in [0.717, 1.165) is 22.7 Å². The minimum atomic E-state index is -0.145. The lowest BCUT2D eigenvalue weighted by molar-refractivity contribution is 0.0976. The van der Waals surface area contributed by atoms with Gasteiger partial charge in [-0.05, 0) is 72.5 Å². The van der Waals surface area contributed by atoms with Crippen molar-refractivity contribution in [3.63, 3.8) is 0 Å². The average Bonchev–Trinajstić information content (AvgIpc) is 2.80. The molecule has 0 saturated heterocycles. The summed E-state index contributed by atoms with van der Waals surface area (Å²) in [6.07, 6.45) is 0.348. The van der Waals surface area contributed by atoms with E-state index < -0.39 is 0 Å². The molecule has 0 aromatic heterocycles. The van der Waals surface area contributed by atoms with Crippen LogP contribution in [0.15, 0.2) is 72.8 Å². The van der Waals surface area contributed by atoms with Gasteiger partial charge in [-0.1, -0.05) is 38.1 Å². The fourth-order valence-electron chi connectivity index (χ4n) is 3.46. The standard InChI is InChI=1S/C27H31NO3/c1-5-31-25-16-12-23(13-17-25)28-26(21-8-6-20(7-9-21)19(2)3)18-27(29)22-10-14-24(30-4)15-11-22/h6-17,19,26,28H,5,18H2,1-4H3. The van der Waals surface area contributed by atoms with Gasteiger partial charge in [0.1, 0.15) is 11.5 Å². The highest BCUT2D eigenvalue weighted by Crippen LogP contribution is 2.28. The molecule has 0 aliphatic heterocycles. The van der Waals surface area contributed by atoms with Crippen molar-refractivity contribution in [2.24, 2.45) is 0 Å². The highest BCUT2D eigenvalue weighted by molar-refractivity contribution is 5.96. The molecular weight excluding hydrogens is 386 g/mol. The van der Waals surface area contributed by atoms with E-state index in [9.17, 15) is 4.79 Å². The number of Topliss-reactive ketones (excluding diaryl/α,β-unsaturated/α-hetero) is 1. The van der Waals surface area contributed by atoms with Gasteiger partial charge in [0, 0.05) is 17.7 Å². The van der Waals surface area contributed by atoms with Gasteiger partial charge in [-0.2, -0.15) is 0 Å². The molecule has 1 N–H and O–H groups in total. The van der Waals surface area contributed by atoms with Gasteiger partial charge in [0.2, 0.25) is 0 Å². The van der Waals surface area contributed by atoms with Crippen LogP contribution in [0, 0.1) is 0 Å². The van der Waals surface area contributed by atoms with Crippen LogP contribution in [0.2, 0.25) is 0 Å². The second-order valence-electron chi connectivity index (χ2n) is 7.83. The molecule has 162 valence electrons. The van der Waals surface area contributed by atoms with Crippen LogP contribution in [0.4, 0.5) is 5.69 Å². The third-order valence-electron chi connectivity index (χ3n) is 5.31. The van der Waals surface area contributed by atoms with Crippen molar-refractivity contribution in [2.45, 2.75) is 39.2 Å². The molecule has 3 aromatic carbocycles. The Morgan fingerprint density at radius 2 is 1.42 bits per heavy atom. The van der Waals surface area contributed by atoms with Crippen molar-refractivity contribution in [1.29, 1.82) is 0 Å². The molecule has 0 spiro atoms. The van der Waals surface area contributed by atoms with Crippen molar-refractivity contribution in [2.75, 3.05) is 19.0 Å². The quantitative estimate of drug-likeness (QED) is 0.376. The second kappa shape index (κ2) is 10.7. The first-order valence-electron chi connectivity index (χ1n) is 10.8. The Morgan fingerprint density at radius 1 is 0.839 bits per heavy atom. The lowest BCUT2D eigenvalue weighted by Crippen LogP contribution is -2.16. The molecule has 3 aromatic rings. The van der Waals surface area contributed by atoms with Gasteiger partial charge in [-0.3, -0.25) is 4.79 Å². The molecule has 0 saturated carbocycles. The van der Waals surface area contributed by atoms with Gasteiger partial charge in [0.05, 0.1) is 19.8 Å². The molecule has 31 heavy (non-hydrogen) atoms. The number of ether oxygens (including phenoxy) is 2. The van der Waals surface area contributed by atoms with Gasteiger partial charge in [0.25, 0.3) is 0 Å². The molecule has 0 aliphatic rings. The zero-order chi connectivity index (χ0) is 22.2. The average molecular weight is 418 g/mol. The maximum atomic E-state index is 13.0. The topological polar surface area (TPSA) is 47.6 Å². The number of anilines is 1. The Bertz CT molecular complexity index is 961. The summed E-state index contributed by atoms with van der Waals surface area (Å²) in [5, 5.41) is 3.54. The van der Waals surface area contributed by atoms with Crippen LogP contribution < -0.4 is 14.8 Å². The molecule has 1 atom stereocenters. The van der Waals surface area contributed by atoms with Crippen LogP contribution in [-0.2, 0) is 0 Å². The van der Waals surface area contributed by atoms with Crippen LogP contribution in [0.3, 0.4) is 0 Å². The van der Waals surface area contributed by atoms with E-state index >= 15 is 0 Å². The molecular formula is C27H31NO3. The molecule has 0 radical (unpaired) electrons. The maximum Gasteiger partial charge on any atom is 0.165 e. The van der Waals surface area contributed by atoms with Crippen molar-refractivity contribution in [3.8, 4) is 11.5 Å². The monoisotopic (exact) mass is 417 g/mol. The van der Waals surface area contributed by atoms with Crippen molar-refractivity contribution in [3.05, 3.63) is 89.5 Å². The zero-order valence-electron chi connectivity index (χ0n) is 18.7. The first kappa shape index (κ1) is 22.4. The summed E-state index contributed by atoms with van der Waals surface area (Å²) in [5.41, 5.74) is 3.99. The fourth-order valence-corrected chi connectivity index (χ4v) is 3.46. The molecule has 0 amide bonds. The molecule has 4 nitrogen and oxygen atoms in total. The first-order valence-corrected chi connectivity index (χ1v) is 10.8. The third-order valence-corrected chi connectivity index (χ3v) is 5.31. The minimum absolute atomic E-state index is 0.0824. The van der Waals surface area contributed by atoms with Crippen LogP contribution in [-0.4, -0.2) is 19.5 Å². The summed E-state index contributed by atoms with van der Waals surface area (Å²) < 4.78 is 10.7. The van der Waals surface area contributed by atoms with Crippen molar-refractivity contribution >= 4 is 11.5 Å². The molecule has 3 rings (SSSR count). The van der Waals surface area contributed by atoms with Gasteiger partial charge < -0.3 is 14.8 Å². The number of nitrogens with one attached hydrogen (secondary N) is 1. The molecule has 0 bridgehead atoms. The fraction of sp³-hybridized carbons (Fsp3) is 0.296. The number of methoxy groups -OCH3 is 1. The van der Waals surface area contributed by atoms with E-state index in [0.29, 0.717) is 24.5 Å². The minimum Gasteiger partial charge on any atom is -0.497 e. The second-order valence-corrected chi connectivity index (χ2v) is 7.83. The number of ketones is 1. The van der Waals surface area contributed by atoms with Gasteiger partial charge >= 0.3 is 0 Å². The number of carbonyl (C=O) groups excluding carboxylic acids is 1. The summed E-state index contributed by atoms with van der Waals surface area (Å²) in [5.74, 6) is 2.12. The van der Waals surface area contributed by atoms with E-state index in [2.05, 4.69) is 43.4 Å². The predicted molar refractivity (Wildman–Crippen MR) is 126 cm³/mol. The summed E-state index contributed by atoms with van der Waals surface area (Å²) in [6, 6.07) is 23.5. The Hall–Kier alpha value is -3.27. The zero-order valence-corrected chi connectivity index (χ0v) is 18.7. The Kier molecular flexibility index (Phi) is 7.71. The number of carbonyl (C=O) groups is 1. The Morgan fingerprint density at radius 3 is 1.97 bits per heavy atom. The Balaban J connectivity index is 1.82. The van der Waals surface area contributed by atoms with E-state index in [1.54, 1.807) is 7.11 Å². The largest absolute Gasteiger partial charge is 0.497 e. The SMILES string of the molecule is CCOc1ccc(NC(CC(=O)c2ccc(OC)cc2)c2ccc(C(C)C)cc2)cc1. The lowest BCUT2D eigenvalue weighted by atomic mass is 9.94. The first-order chi connectivity index (χ1) is 15.0. The molecule has 0 heterocycles. The summed E-state index contributed by atoms with van der Waals surface area (Å²) >= 11 is 0. The number of hydrogen-bond acceptors (Lipinski definition) is 4. The van der Waals surface area contributed by atoms with Crippen LogP contribution in [0.25, 0.3) is 0 Å². The molecule has 0 aliphatic carbocycles. The number of hydrogen-bond donors (Lipinski definition) is 1. The van der Waals surface area contributed by atoms with Crippen LogP contribution in [0.5, 0.6) is 11.5 Å². The third kappa shape index (κ3) is 6.11. The number of benzene rings is 3. The lowest BCUT2D eigenvalue weighted by Gasteiger charge is -2.21. The van der Waals surface area contributed by atoms with E-state index in [1.165, 1.54) is 5.56 Å². The predicted octanol–water partition coefficient (Wildman–Crippen LogP) is 6.64. The van der Waals surface area contributed by atoms with Gasteiger partial charge in [-0.15, -0.1) is 0 Å². The molecule has 0 fully saturated rings. The molecule has 1 unspecified atom stereocenters. The summed E-state index contributed by atoms with van der Waals surface area (Å²) in [4.78, 5) is 13.0. The summed E-state index contributed by atoms with van der Waals surface area (Å²) in [6.45, 7) is 6.96. The van der Waals surface area contributed by atoms with Crippen molar-refractivity contribution < 1.29 is 14.3 Å².